The quantitative estimate of drug-likeness (QED) is 0.825. The Kier molecular flexibility index (Phi) is 2.50. The number of hydrogen-bond donors (Lipinski definition) is 1. The van der Waals surface area contributed by atoms with Crippen molar-refractivity contribution in [2.45, 2.75) is 31.3 Å². The first-order chi connectivity index (χ1) is 8.68. The van der Waals surface area contributed by atoms with Crippen molar-refractivity contribution in [3.05, 3.63) is 24.3 Å². The Hall–Kier alpha value is -1.98. The van der Waals surface area contributed by atoms with Crippen LogP contribution in [0.1, 0.15) is 29.8 Å². The lowest BCUT2D eigenvalue weighted by Crippen LogP contribution is -2.38. The summed E-state index contributed by atoms with van der Waals surface area (Å²) < 4.78 is 0. The molecule has 94 valence electrons. The fourth-order valence-corrected chi connectivity index (χ4v) is 3.11. The predicted molar refractivity (Wildman–Crippen MR) is 60.8 cm³/mol. The van der Waals surface area contributed by atoms with Gasteiger partial charge >= 0.3 is 5.97 Å². The van der Waals surface area contributed by atoms with E-state index >= 15 is 0 Å². The molecule has 2 bridgehead atoms. The van der Waals surface area contributed by atoms with Crippen molar-refractivity contribution < 1.29 is 14.7 Å². The maximum atomic E-state index is 12.3. The summed E-state index contributed by atoms with van der Waals surface area (Å²) in [6.45, 7) is 0. The number of carbonyl (C=O) groups is 2. The van der Waals surface area contributed by atoms with Crippen LogP contribution >= 0.6 is 0 Å². The van der Waals surface area contributed by atoms with Crippen LogP contribution in [0.4, 0.5) is 0 Å². The lowest BCUT2D eigenvalue weighted by Gasteiger charge is -2.22. The van der Waals surface area contributed by atoms with E-state index in [0.29, 0.717) is 12.1 Å². The molecular weight excluding hydrogens is 234 g/mol. The molecule has 1 N–H and O–H groups in total. The molecule has 0 aliphatic carbocycles. The number of nitrogens with zero attached hydrogens (tertiary/aromatic N) is 3. The van der Waals surface area contributed by atoms with E-state index in [1.165, 1.54) is 18.6 Å². The molecule has 6 nitrogen and oxygen atoms in total. The monoisotopic (exact) mass is 247 g/mol. The standard InChI is InChI=1S/C12H13N3O3/c16-11(9-6-13-3-4-14-9)15-7-1-2-10(15)8(5-7)12(17)18/h3-4,6-8,10H,1-2,5H2,(H,17,18). The number of carboxylic acids is 1. The average molecular weight is 247 g/mol. The van der Waals surface area contributed by atoms with Crippen LogP contribution in [0.2, 0.25) is 0 Å². The maximum Gasteiger partial charge on any atom is 0.308 e. The second-order valence-electron chi connectivity index (χ2n) is 4.78. The van der Waals surface area contributed by atoms with Gasteiger partial charge in [-0.3, -0.25) is 14.6 Å². The molecule has 2 aliphatic heterocycles. The first-order valence-corrected chi connectivity index (χ1v) is 6.00. The number of amides is 1. The Balaban J connectivity index is 1.86. The first-order valence-electron chi connectivity index (χ1n) is 6.00. The fraction of sp³-hybridized carbons (Fsp3) is 0.500. The molecule has 3 rings (SSSR count). The molecule has 2 fully saturated rings. The van der Waals surface area contributed by atoms with Crippen LogP contribution in [-0.2, 0) is 4.79 Å². The Morgan fingerprint density at radius 2 is 2.17 bits per heavy atom. The van der Waals surface area contributed by atoms with E-state index in [1.54, 1.807) is 4.90 Å². The smallest absolute Gasteiger partial charge is 0.308 e. The van der Waals surface area contributed by atoms with Crippen LogP contribution < -0.4 is 0 Å². The van der Waals surface area contributed by atoms with Gasteiger partial charge in [-0.1, -0.05) is 0 Å². The van der Waals surface area contributed by atoms with E-state index in [9.17, 15) is 9.59 Å². The summed E-state index contributed by atoms with van der Waals surface area (Å²) in [5, 5.41) is 9.14. The minimum Gasteiger partial charge on any atom is -0.481 e. The van der Waals surface area contributed by atoms with Crippen molar-refractivity contribution in [2.24, 2.45) is 5.92 Å². The van der Waals surface area contributed by atoms with Gasteiger partial charge in [0.1, 0.15) is 5.69 Å². The zero-order chi connectivity index (χ0) is 12.7. The zero-order valence-corrected chi connectivity index (χ0v) is 9.69. The molecule has 0 spiro atoms. The lowest BCUT2D eigenvalue weighted by atomic mass is 9.89. The Morgan fingerprint density at radius 3 is 2.78 bits per heavy atom. The Morgan fingerprint density at radius 1 is 1.33 bits per heavy atom. The number of fused-ring (bicyclic) bond motifs is 2. The third kappa shape index (κ3) is 1.56. The average Bonchev–Trinajstić information content (AvgIpc) is 2.96. The third-order valence-electron chi connectivity index (χ3n) is 3.87. The van der Waals surface area contributed by atoms with E-state index in [2.05, 4.69) is 9.97 Å². The van der Waals surface area contributed by atoms with Crippen LogP contribution in [0.25, 0.3) is 0 Å². The molecule has 0 aromatic carbocycles. The summed E-state index contributed by atoms with van der Waals surface area (Å²) in [6.07, 6.45) is 6.63. The molecule has 0 saturated carbocycles. The Bertz CT molecular complexity index is 491. The molecule has 3 unspecified atom stereocenters. The van der Waals surface area contributed by atoms with Crippen molar-refractivity contribution in [1.29, 1.82) is 0 Å². The molecule has 1 amide bonds. The van der Waals surface area contributed by atoms with Crippen LogP contribution in [0.15, 0.2) is 18.6 Å². The van der Waals surface area contributed by atoms with Gasteiger partial charge in [-0.05, 0) is 19.3 Å². The summed E-state index contributed by atoms with van der Waals surface area (Å²) in [7, 11) is 0. The van der Waals surface area contributed by atoms with Gasteiger partial charge in [0.15, 0.2) is 0 Å². The molecule has 3 atom stereocenters. The largest absolute Gasteiger partial charge is 0.481 e. The van der Waals surface area contributed by atoms with E-state index in [-0.39, 0.29) is 18.0 Å². The second-order valence-corrected chi connectivity index (χ2v) is 4.78. The van der Waals surface area contributed by atoms with E-state index in [1.807, 2.05) is 0 Å². The van der Waals surface area contributed by atoms with Gasteiger partial charge in [0.25, 0.3) is 5.91 Å². The highest BCUT2D eigenvalue weighted by Gasteiger charge is 2.51. The van der Waals surface area contributed by atoms with Crippen molar-refractivity contribution in [3.63, 3.8) is 0 Å². The van der Waals surface area contributed by atoms with Gasteiger partial charge in [-0.15, -0.1) is 0 Å². The Labute approximate surface area is 104 Å². The van der Waals surface area contributed by atoms with Gasteiger partial charge in [-0.2, -0.15) is 0 Å². The van der Waals surface area contributed by atoms with Crippen LogP contribution in [0, 0.1) is 5.92 Å². The van der Waals surface area contributed by atoms with Gasteiger partial charge < -0.3 is 10.0 Å². The van der Waals surface area contributed by atoms with E-state index in [0.717, 1.165) is 12.8 Å². The predicted octanol–water partition coefficient (Wildman–Crippen LogP) is 0.554. The molecular formula is C12H13N3O3. The van der Waals surface area contributed by atoms with Gasteiger partial charge in [0.05, 0.1) is 12.1 Å². The third-order valence-corrected chi connectivity index (χ3v) is 3.87. The highest BCUT2D eigenvalue weighted by Crippen LogP contribution is 2.42. The zero-order valence-electron chi connectivity index (χ0n) is 9.69. The van der Waals surface area contributed by atoms with Crippen LogP contribution in [0.3, 0.4) is 0 Å². The maximum absolute atomic E-state index is 12.3. The highest BCUT2D eigenvalue weighted by atomic mass is 16.4. The van der Waals surface area contributed by atoms with Gasteiger partial charge in [0.2, 0.25) is 0 Å². The van der Waals surface area contributed by atoms with Gasteiger partial charge in [0, 0.05) is 24.5 Å². The summed E-state index contributed by atoms with van der Waals surface area (Å²) in [5.41, 5.74) is 0.292. The summed E-state index contributed by atoms with van der Waals surface area (Å²) in [6, 6.07) is -0.132. The molecule has 1 aromatic rings. The van der Waals surface area contributed by atoms with Crippen LogP contribution in [-0.4, -0.2) is 43.9 Å². The number of aromatic nitrogens is 2. The van der Waals surface area contributed by atoms with Gasteiger partial charge in [-0.25, -0.2) is 4.98 Å². The number of rotatable bonds is 2. The molecule has 18 heavy (non-hydrogen) atoms. The molecule has 2 aliphatic rings. The number of hydrogen-bond acceptors (Lipinski definition) is 4. The summed E-state index contributed by atoms with van der Waals surface area (Å²) in [5.74, 6) is -1.43. The van der Waals surface area contributed by atoms with Crippen molar-refractivity contribution in [3.8, 4) is 0 Å². The lowest BCUT2D eigenvalue weighted by molar-refractivity contribution is -0.142. The molecule has 3 heterocycles. The topological polar surface area (TPSA) is 83.4 Å². The second kappa shape index (κ2) is 4.04. The molecule has 6 heteroatoms. The fourth-order valence-electron chi connectivity index (χ4n) is 3.11. The first kappa shape index (κ1) is 11.1. The number of carboxylic acid groups (broad SMARTS) is 1. The minimum absolute atomic E-state index is 0.0469. The SMILES string of the molecule is O=C(O)C1CC2CCC1N2C(=O)c1cnccn1. The molecule has 2 saturated heterocycles. The minimum atomic E-state index is -0.806. The van der Waals surface area contributed by atoms with Crippen LogP contribution in [0.5, 0.6) is 0 Å². The molecule has 1 aromatic heterocycles. The van der Waals surface area contributed by atoms with Crippen molar-refractivity contribution in [2.75, 3.05) is 0 Å². The summed E-state index contributed by atoms with van der Waals surface area (Å²) >= 11 is 0. The van der Waals surface area contributed by atoms with Crippen molar-refractivity contribution >= 4 is 11.9 Å². The van der Waals surface area contributed by atoms with E-state index < -0.39 is 11.9 Å². The number of aliphatic carboxylic acids is 1. The highest BCUT2D eigenvalue weighted by molar-refractivity contribution is 5.93. The summed E-state index contributed by atoms with van der Waals surface area (Å²) in [4.78, 5) is 33.0. The normalized spacial score (nSPS) is 29.6. The van der Waals surface area contributed by atoms with Crippen molar-refractivity contribution in [1.82, 2.24) is 14.9 Å². The van der Waals surface area contributed by atoms with E-state index in [4.69, 9.17) is 5.11 Å². The number of carbonyl (C=O) groups excluding carboxylic acids is 1. The molecule has 0 radical (unpaired) electrons.